The molecule has 0 spiro atoms. The molecule has 2 heteroatoms. The lowest BCUT2D eigenvalue weighted by Crippen LogP contribution is -1.89. The lowest BCUT2D eigenvalue weighted by Gasteiger charge is -2.08. The zero-order chi connectivity index (χ0) is 18.2. The summed E-state index contributed by atoms with van der Waals surface area (Å²) >= 11 is 1.86. The smallest absolute Gasteiger partial charge is 0.0391 e. The summed E-state index contributed by atoms with van der Waals surface area (Å²) in [5.41, 5.74) is 6.10. The third kappa shape index (κ3) is 2.98. The molecule has 0 fully saturated rings. The van der Waals surface area contributed by atoms with E-state index in [-0.39, 0.29) is 0 Å². The van der Waals surface area contributed by atoms with E-state index in [9.17, 15) is 0 Å². The third-order valence-electron chi connectivity index (χ3n) is 4.89. The van der Waals surface area contributed by atoms with Crippen LogP contribution in [0.25, 0.3) is 31.3 Å². The molecule has 5 rings (SSSR count). The van der Waals surface area contributed by atoms with Crippen LogP contribution in [0.1, 0.15) is 5.56 Å². The normalized spacial score (nSPS) is 11.1. The molecule has 0 atom stereocenters. The standard InChI is InChI=1S/C25H19NS/c1-17-7-5-8-18(15-17)21-11-6-12-24-25(21)22-16-20(13-14-23(22)27-24)26-19-9-3-2-4-10-19/h2-16,26H,1H3. The van der Waals surface area contributed by atoms with E-state index in [0.717, 1.165) is 11.4 Å². The Morgan fingerprint density at radius 3 is 2.37 bits per heavy atom. The second kappa shape index (κ2) is 6.57. The molecule has 27 heavy (non-hydrogen) atoms. The van der Waals surface area contributed by atoms with Crippen molar-refractivity contribution in [1.29, 1.82) is 0 Å². The summed E-state index contributed by atoms with van der Waals surface area (Å²) in [5, 5.41) is 6.18. The average molecular weight is 366 g/mol. The molecule has 0 saturated carbocycles. The van der Waals surface area contributed by atoms with Crippen molar-refractivity contribution in [3.05, 3.63) is 96.6 Å². The fourth-order valence-corrected chi connectivity index (χ4v) is 4.76. The zero-order valence-corrected chi connectivity index (χ0v) is 15.9. The number of para-hydroxylation sites is 1. The second-order valence-corrected chi connectivity index (χ2v) is 7.94. The molecule has 130 valence electrons. The summed E-state index contributed by atoms with van der Waals surface area (Å²) in [4.78, 5) is 0. The van der Waals surface area contributed by atoms with Crippen LogP contribution in [-0.4, -0.2) is 0 Å². The van der Waals surface area contributed by atoms with Crippen LogP contribution in [0, 0.1) is 6.92 Å². The number of fused-ring (bicyclic) bond motifs is 3. The molecule has 1 N–H and O–H groups in total. The van der Waals surface area contributed by atoms with Crippen LogP contribution in [-0.2, 0) is 0 Å². The highest BCUT2D eigenvalue weighted by Crippen LogP contribution is 2.41. The average Bonchev–Trinajstić information content (AvgIpc) is 3.07. The molecule has 0 saturated heterocycles. The van der Waals surface area contributed by atoms with Gasteiger partial charge in [-0.3, -0.25) is 0 Å². The summed E-state index contributed by atoms with van der Waals surface area (Å²) in [7, 11) is 0. The highest BCUT2D eigenvalue weighted by molar-refractivity contribution is 7.25. The predicted octanol–water partition coefficient (Wildman–Crippen LogP) is 7.77. The minimum atomic E-state index is 1.11. The molecule has 0 radical (unpaired) electrons. The van der Waals surface area contributed by atoms with Gasteiger partial charge in [-0.2, -0.15) is 0 Å². The van der Waals surface area contributed by atoms with Crippen LogP contribution in [0.2, 0.25) is 0 Å². The van der Waals surface area contributed by atoms with Crippen molar-refractivity contribution >= 4 is 42.9 Å². The van der Waals surface area contributed by atoms with Crippen LogP contribution in [0.3, 0.4) is 0 Å². The van der Waals surface area contributed by atoms with Crippen molar-refractivity contribution in [3.8, 4) is 11.1 Å². The van der Waals surface area contributed by atoms with Gasteiger partial charge in [0.15, 0.2) is 0 Å². The zero-order valence-electron chi connectivity index (χ0n) is 15.1. The molecule has 5 aromatic rings. The van der Waals surface area contributed by atoms with E-state index in [2.05, 4.69) is 97.2 Å². The van der Waals surface area contributed by atoms with Crippen molar-refractivity contribution in [2.75, 3.05) is 5.32 Å². The Hall–Kier alpha value is -3.10. The topological polar surface area (TPSA) is 12.0 Å². The highest BCUT2D eigenvalue weighted by atomic mass is 32.1. The molecule has 0 aliphatic heterocycles. The lowest BCUT2D eigenvalue weighted by molar-refractivity contribution is 1.47. The molecule has 0 unspecified atom stereocenters. The molecule has 1 aromatic heterocycles. The Morgan fingerprint density at radius 1 is 0.667 bits per heavy atom. The first-order valence-corrected chi connectivity index (χ1v) is 9.94. The largest absolute Gasteiger partial charge is 0.356 e. The number of aryl methyl sites for hydroxylation is 1. The van der Waals surface area contributed by atoms with Gasteiger partial charge in [0.1, 0.15) is 0 Å². The van der Waals surface area contributed by atoms with Crippen molar-refractivity contribution < 1.29 is 0 Å². The van der Waals surface area contributed by atoms with Crippen LogP contribution >= 0.6 is 11.3 Å². The number of benzene rings is 4. The Kier molecular flexibility index (Phi) is 3.92. The second-order valence-electron chi connectivity index (χ2n) is 6.85. The number of anilines is 2. The molecule has 0 amide bonds. The van der Waals surface area contributed by atoms with Crippen molar-refractivity contribution in [2.24, 2.45) is 0 Å². The Labute approximate surface area is 162 Å². The Bertz CT molecular complexity index is 1250. The molecule has 4 aromatic carbocycles. The monoisotopic (exact) mass is 365 g/mol. The first-order valence-electron chi connectivity index (χ1n) is 9.12. The maximum atomic E-state index is 3.52. The predicted molar refractivity (Wildman–Crippen MR) is 119 cm³/mol. The fourth-order valence-electron chi connectivity index (χ4n) is 3.65. The quantitative estimate of drug-likeness (QED) is 0.344. The summed E-state index contributed by atoms with van der Waals surface area (Å²) < 4.78 is 2.66. The maximum absolute atomic E-state index is 3.52. The van der Waals surface area contributed by atoms with E-state index in [4.69, 9.17) is 0 Å². The lowest BCUT2D eigenvalue weighted by atomic mass is 9.98. The molecular formula is C25H19NS. The summed E-state index contributed by atoms with van der Waals surface area (Å²) in [6.45, 7) is 2.15. The van der Waals surface area contributed by atoms with Gasteiger partial charge in [-0.25, -0.2) is 0 Å². The van der Waals surface area contributed by atoms with E-state index in [1.165, 1.54) is 36.9 Å². The van der Waals surface area contributed by atoms with Gasteiger partial charge in [0.2, 0.25) is 0 Å². The van der Waals surface area contributed by atoms with Crippen LogP contribution in [0.4, 0.5) is 11.4 Å². The number of thiophene rings is 1. The van der Waals surface area contributed by atoms with Crippen molar-refractivity contribution in [1.82, 2.24) is 0 Å². The number of nitrogens with one attached hydrogen (secondary N) is 1. The van der Waals surface area contributed by atoms with Gasteiger partial charge in [0.25, 0.3) is 0 Å². The summed E-state index contributed by atoms with van der Waals surface area (Å²) in [6, 6.07) is 32.4. The SMILES string of the molecule is Cc1cccc(-c2cccc3sc4ccc(Nc5ccccc5)cc4c23)c1. The first-order chi connectivity index (χ1) is 13.3. The van der Waals surface area contributed by atoms with Gasteiger partial charge >= 0.3 is 0 Å². The van der Waals surface area contributed by atoms with E-state index >= 15 is 0 Å². The van der Waals surface area contributed by atoms with Crippen LogP contribution in [0.15, 0.2) is 91.0 Å². The van der Waals surface area contributed by atoms with Crippen LogP contribution in [0.5, 0.6) is 0 Å². The van der Waals surface area contributed by atoms with Gasteiger partial charge in [-0.1, -0.05) is 60.2 Å². The first kappa shape index (κ1) is 16.1. The van der Waals surface area contributed by atoms with E-state index in [1.54, 1.807) is 0 Å². The Morgan fingerprint density at radius 2 is 1.52 bits per heavy atom. The maximum Gasteiger partial charge on any atom is 0.0391 e. The molecule has 1 nitrogen and oxygen atoms in total. The van der Waals surface area contributed by atoms with Gasteiger partial charge in [0.05, 0.1) is 0 Å². The number of hydrogen-bond donors (Lipinski definition) is 1. The van der Waals surface area contributed by atoms with Crippen molar-refractivity contribution in [2.45, 2.75) is 6.92 Å². The molecular weight excluding hydrogens is 346 g/mol. The molecule has 0 bridgehead atoms. The van der Waals surface area contributed by atoms with E-state index in [0.29, 0.717) is 0 Å². The third-order valence-corrected chi connectivity index (χ3v) is 6.02. The molecule has 1 heterocycles. The summed E-state index contributed by atoms with van der Waals surface area (Å²) in [6.07, 6.45) is 0. The van der Waals surface area contributed by atoms with Crippen LogP contribution < -0.4 is 5.32 Å². The van der Waals surface area contributed by atoms with E-state index in [1.807, 2.05) is 17.4 Å². The Balaban J connectivity index is 1.71. The number of rotatable bonds is 3. The van der Waals surface area contributed by atoms with Gasteiger partial charge < -0.3 is 5.32 Å². The molecule has 0 aliphatic rings. The van der Waals surface area contributed by atoms with Gasteiger partial charge in [-0.05, 0) is 54.4 Å². The fraction of sp³-hybridized carbons (Fsp3) is 0.0400. The number of hydrogen-bond acceptors (Lipinski definition) is 2. The van der Waals surface area contributed by atoms with Gasteiger partial charge in [0, 0.05) is 31.5 Å². The minimum absolute atomic E-state index is 1.11. The summed E-state index contributed by atoms with van der Waals surface area (Å²) in [5.74, 6) is 0. The van der Waals surface area contributed by atoms with E-state index < -0.39 is 0 Å². The minimum Gasteiger partial charge on any atom is -0.356 e. The van der Waals surface area contributed by atoms with Crippen molar-refractivity contribution in [3.63, 3.8) is 0 Å². The molecule has 0 aliphatic carbocycles. The van der Waals surface area contributed by atoms with Gasteiger partial charge in [-0.15, -0.1) is 11.3 Å². The highest BCUT2D eigenvalue weighted by Gasteiger charge is 2.11.